The van der Waals surface area contributed by atoms with Crippen LogP contribution in [0.3, 0.4) is 0 Å². The maximum absolute atomic E-state index is 13.7. The number of alkyl halides is 1. The predicted molar refractivity (Wildman–Crippen MR) is 45.9 cm³/mol. The fourth-order valence-electron chi connectivity index (χ4n) is 1.85. The summed E-state index contributed by atoms with van der Waals surface area (Å²) in [4.78, 5) is 0. The molecule has 66 valence electrons. The molecule has 0 amide bonds. The Labute approximate surface area is 73.2 Å². The van der Waals surface area contributed by atoms with Gasteiger partial charge in [0.15, 0.2) is 0 Å². The van der Waals surface area contributed by atoms with Gasteiger partial charge in [-0.3, -0.25) is 0 Å². The van der Waals surface area contributed by atoms with Crippen LogP contribution in [-0.2, 0) is 0 Å². The first-order valence-corrected chi connectivity index (χ1v) is 4.21. The molecule has 1 heterocycles. The average molecular weight is 180 g/mol. The summed E-state index contributed by atoms with van der Waals surface area (Å²) in [5.41, 5.74) is -0.773. The van der Waals surface area contributed by atoms with Crippen molar-refractivity contribution in [3.05, 3.63) is 0 Å². The lowest BCUT2D eigenvalue weighted by molar-refractivity contribution is 0.0895. The second kappa shape index (κ2) is 3.28. The molecule has 0 aromatic rings. The molecule has 11 heavy (non-hydrogen) atoms. The van der Waals surface area contributed by atoms with Crippen molar-refractivity contribution in [1.29, 1.82) is 0 Å². The monoisotopic (exact) mass is 179 g/mol. The molecular formula is C8H15ClFN. The molecule has 0 aromatic heterocycles. The standard InChI is InChI=1S/C8H14FN.ClH/c9-8(7-1-2-7)3-5-10-6-4-8;/h7,10H,1-6H2;1H. The minimum Gasteiger partial charge on any atom is -0.316 e. The van der Waals surface area contributed by atoms with Gasteiger partial charge in [0.2, 0.25) is 0 Å². The summed E-state index contributed by atoms with van der Waals surface area (Å²) in [6, 6.07) is 0. The van der Waals surface area contributed by atoms with Crippen LogP contribution in [0, 0.1) is 5.92 Å². The van der Waals surface area contributed by atoms with E-state index in [1.807, 2.05) is 0 Å². The van der Waals surface area contributed by atoms with Crippen LogP contribution in [0.15, 0.2) is 0 Å². The minimum atomic E-state index is -0.773. The van der Waals surface area contributed by atoms with Gasteiger partial charge in [-0.25, -0.2) is 4.39 Å². The highest BCUT2D eigenvalue weighted by molar-refractivity contribution is 5.85. The Morgan fingerprint density at radius 1 is 1.18 bits per heavy atom. The summed E-state index contributed by atoms with van der Waals surface area (Å²) in [6.45, 7) is 1.76. The second-order valence-electron chi connectivity index (χ2n) is 3.56. The molecule has 1 N–H and O–H groups in total. The van der Waals surface area contributed by atoms with Crippen LogP contribution >= 0.6 is 12.4 Å². The molecule has 2 aliphatic rings. The Bertz CT molecular complexity index is 130. The van der Waals surface area contributed by atoms with Gasteiger partial charge in [0.1, 0.15) is 5.67 Å². The summed E-state index contributed by atoms with van der Waals surface area (Å²) >= 11 is 0. The topological polar surface area (TPSA) is 12.0 Å². The van der Waals surface area contributed by atoms with Gasteiger partial charge in [-0.05, 0) is 44.7 Å². The smallest absolute Gasteiger partial charge is 0.116 e. The SMILES string of the molecule is Cl.FC1(C2CC2)CCNCC1. The summed E-state index contributed by atoms with van der Waals surface area (Å²) in [5, 5.41) is 3.18. The molecule has 1 nitrogen and oxygen atoms in total. The Kier molecular flexibility index (Phi) is 2.76. The van der Waals surface area contributed by atoms with Crippen LogP contribution in [-0.4, -0.2) is 18.8 Å². The molecule has 3 heteroatoms. The van der Waals surface area contributed by atoms with Crippen LogP contribution in [0.5, 0.6) is 0 Å². The zero-order chi connectivity index (χ0) is 7.03. The first-order valence-electron chi connectivity index (χ1n) is 4.21. The van der Waals surface area contributed by atoms with E-state index in [-0.39, 0.29) is 12.4 Å². The Morgan fingerprint density at radius 3 is 2.18 bits per heavy atom. The molecule has 1 aliphatic heterocycles. The number of rotatable bonds is 1. The molecule has 2 rings (SSSR count). The van der Waals surface area contributed by atoms with Crippen molar-refractivity contribution >= 4 is 12.4 Å². The van der Waals surface area contributed by atoms with Crippen LogP contribution in [0.1, 0.15) is 25.7 Å². The fraction of sp³-hybridized carbons (Fsp3) is 1.00. The van der Waals surface area contributed by atoms with Gasteiger partial charge >= 0.3 is 0 Å². The number of halogens is 2. The van der Waals surface area contributed by atoms with Crippen molar-refractivity contribution in [2.75, 3.05) is 13.1 Å². The Balaban J connectivity index is 0.000000605. The van der Waals surface area contributed by atoms with Gasteiger partial charge < -0.3 is 5.32 Å². The van der Waals surface area contributed by atoms with E-state index in [0.29, 0.717) is 5.92 Å². The van der Waals surface area contributed by atoms with Crippen LogP contribution in [0.25, 0.3) is 0 Å². The normalized spacial score (nSPS) is 29.2. The molecule has 0 spiro atoms. The molecule has 0 aromatic carbocycles. The van der Waals surface area contributed by atoms with Crippen LogP contribution in [0.4, 0.5) is 4.39 Å². The van der Waals surface area contributed by atoms with Crippen molar-refractivity contribution < 1.29 is 4.39 Å². The van der Waals surface area contributed by atoms with E-state index in [9.17, 15) is 4.39 Å². The van der Waals surface area contributed by atoms with E-state index in [4.69, 9.17) is 0 Å². The van der Waals surface area contributed by atoms with E-state index in [0.717, 1.165) is 38.8 Å². The minimum absolute atomic E-state index is 0. The largest absolute Gasteiger partial charge is 0.316 e. The van der Waals surface area contributed by atoms with E-state index in [1.54, 1.807) is 0 Å². The van der Waals surface area contributed by atoms with E-state index in [1.165, 1.54) is 0 Å². The zero-order valence-corrected chi connectivity index (χ0v) is 7.42. The van der Waals surface area contributed by atoms with Crippen LogP contribution in [0.2, 0.25) is 0 Å². The lowest BCUT2D eigenvalue weighted by Gasteiger charge is -2.29. The maximum Gasteiger partial charge on any atom is 0.116 e. The van der Waals surface area contributed by atoms with E-state index in [2.05, 4.69) is 5.32 Å². The van der Waals surface area contributed by atoms with Gasteiger partial charge in [-0.2, -0.15) is 0 Å². The fourth-order valence-corrected chi connectivity index (χ4v) is 1.85. The van der Waals surface area contributed by atoms with Gasteiger partial charge in [0.25, 0.3) is 0 Å². The first kappa shape index (κ1) is 9.27. The van der Waals surface area contributed by atoms with Crippen LogP contribution < -0.4 is 5.32 Å². The molecule has 1 saturated carbocycles. The third kappa shape index (κ3) is 1.85. The molecule has 2 fully saturated rings. The summed E-state index contributed by atoms with van der Waals surface area (Å²) < 4.78 is 13.7. The van der Waals surface area contributed by atoms with Crippen molar-refractivity contribution in [3.8, 4) is 0 Å². The molecule has 0 radical (unpaired) electrons. The molecule has 0 unspecified atom stereocenters. The molecule has 1 aliphatic carbocycles. The Morgan fingerprint density at radius 2 is 1.73 bits per heavy atom. The molecule has 1 saturated heterocycles. The van der Waals surface area contributed by atoms with Gasteiger partial charge in [-0.1, -0.05) is 0 Å². The highest BCUT2D eigenvalue weighted by atomic mass is 35.5. The first-order chi connectivity index (χ1) is 4.81. The second-order valence-corrected chi connectivity index (χ2v) is 3.56. The number of piperidine rings is 1. The van der Waals surface area contributed by atoms with Crippen molar-refractivity contribution in [1.82, 2.24) is 5.32 Å². The lowest BCUT2D eigenvalue weighted by Crippen LogP contribution is -2.40. The predicted octanol–water partition coefficient (Wildman–Crippen LogP) is 1.91. The van der Waals surface area contributed by atoms with Gasteiger partial charge in [0.05, 0.1) is 0 Å². The highest BCUT2D eigenvalue weighted by Gasteiger charge is 2.45. The van der Waals surface area contributed by atoms with E-state index >= 15 is 0 Å². The van der Waals surface area contributed by atoms with E-state index < -0.39 is 5.67 Å². The summed E-state index contributed by atoms with van der Waals surface area (Å²) in [7, 11) is 0. The average Bonchev–Trinajstić information content (AvgIpc) is 2.69. The number of nitrogens with one attached hydrogen (secondary N) is 1. The quantitative estimate of drug-likeness (QED) is 0.649. The van der Waals surface area contributed by atoms with Crippen molar-refractivity contribution in [2.45, 2.75) is 31.4 Å². The summed E-state index contributed by atoms with van der Waals surface area (Å²) in [6.07, 6.45) is 3.77. The molecule has 0 atom stereocenters. The number of hydrogen-bond acceptors (Lipinski definition) is 1. The van der Waals surface area contributed by atoms with Crippen molar-refractivity contribution in [3.63, 3.8) is 0 Å². The van der Waals surface area contributed by atoms with Gasteiger partial charge in [0, 0.05) is 0 Å². The third-order valence-corrected chi connectivity index (χ3v) is 2.74. The Hall–Kier alpha value is 0.180. The third-order valence-electron chi connectivity index (χ3n) is 2.74. The summed E-state index contributed by atoms with van der Waals surface area (Å²) in [5.74, 6) is 0.426. The maximum atomic E-state index is 13.7. The lowest BCUT2D eigenvalue weighted by atomic mass is 9.89. The molecule has 0 bridgehead atoms. The zero-order valence-electron chi connectivity index (χ0n) is 6.61. The highest BCUT2D eigenvalue weighted by Crippen LogP contribution is 2.46. The molecular weight excluding hydrogens is 165 g/mol. The number of hydrogen-bond donors (Lipinski definition) is 1. The van der Waals surface area contributed by atoms with Gasteiger partial charge in [-0.15, -0.1) is 12.4 Å². The van der Waals surface area contributed by atoms with Crippen molar-refractivity contribution in [2.24, 2.45) is 5.92 Å².